The van der Waals surface area contributed by atoms with Gasteiger partial charge >= 0.3 is 0 Å². The Morgan fingerprint density at radius 2 is 0.909 bits per heavy atom. The van der Waals surface area contributed by atoms with Crippen molar-refractivity contribution in [2.75, 3.05) is 0 Å². The molecule has 1 N–H and O–H groups in total. The van der Waals surface area contributed by atoms with Crippen LogP contribution in [-0.2, 0) is 0 Å². The first kappa shape index (κ1) is 14.5. The van der Waals surface area contributed by atoms with Crippen molar-refractivity contribution < 1.29 is 12.9 Å². The molecule has 0 aromatic heterocycles. The van der Waals surface area contributed by atoms with Gasteiger partial charge in [-0.3, -0.25) is 4.55 Å². The fraction of sp³-hybridized carbons (Fsp3) is 0. The summed E-state index contributed by atoms with van der Waals surface area (Å²) in [5.74, 6) is 1.11. The van der Waals surface area contributed by atoms with Crippen LogP contribution in [-0.4, -0.2) is 4.55 Å². The van der Waals surface area contributed by atoms with Gasteiger partial charge in [0.2, 0.25) is 10.9 Å². The zero-order chi connectivity index (χ0) is 15.3. The first-order valence-electron chi connectivity index (χ1n) is 6.86. The van der Waals surface area contributed by atoms with E-state index in [1.54, 1.807) is 36.4 Å². The standard InChI is InChI=1S/C18H16O3S/c19-22(18-14-8-3-9-15-18,20-16-10-4-1-5-11-16)21-17-12-6-2-7-13-17/h1-15,19H. The van der Waals surface area contributed by atoms with Crippen LogP contribution in [0.2, 0.25) is 0 Å². The average molecular weight is 312 g/mol. The van der Waals surface area contributed by atoms with Crippen molar-refractivity contribution in [3.05, 3.63) is 91.0 Å². The minimum Gasteiger partial charge on any atom is -0.391 e. The molecule has 22 heavy (non-hydrogen) atoms. The van der Waals surface area contributed by atoms with Crippen molar-refractivity contribution >= 4 is 10.9 Å². The smallest absolute Gasteiger partial charge is 0.211 e. The fourth-order valence-electron chi connectivity index (χ4n) is 1.92. The van der Waals surface area contributed by atoms with Gasteiger partial charge in [0, 0.05) is 0 Å². The van der Waals surface area contributed by atoms with Crippen molar-refractivity contribution in [1.29, 1.82) is 0 Å². The van der Waals surface area contributed by atoms with Gasteiger partial charge in [-0.05, 0) is 36.4 Å². The Kier molecular flexibility index (Phi) is 4.32. The number of rotatable bonds is 5. The predicted molar refractivity (Wildman–Crippen MR) is 89.1 cm³/mol. The van der Waals surface area contributed by atoms with E-state index in [0.29, 0.717) is 16.4 Å². The lowest BCUT2D eigenvalue weighted by atomic mass is 10.3. The van der Waals surface area contributed by atoms with E-state index in [-0.39, 0.29) is 0 Å². The molecule has 0 aliphatic rings. The van der Waals surface area contributed by atoms with Crippen molar-refractivity contribution in [1.82, 2.24) is 0 Å². The van der Waals surface area contributed by atoms with Gasteiger partial charge in [0.05, 0.1) is 4.90 Å². The van der Waals surface area contributed by atoms with Crippen LogP contribution in [0.1, 0.15) is 0 Å². The summed E-state index contributed by atoms with van der Waals surface area (Å²) in [6.45, 7) is 0. The van der Waals surface area contributed by atoms with Crippen LogP contribution in [0.5, 0.6) is 11.5 Å². The van der Waals surface area contributed by atoms with Crippen LogP contribution in [0.3, 0.4) is 0 Å². The molecule has 0 atom stereocenters. The molecule has 0 aliphatic carbocycles. The number of hydrogen-bond donors (Lipinski definition) is 1. The van der Waals surface area contributed by atoms with Crippen molar-refractivity contribution in [2.45, 2.75) is 4.90 Å². The third-order valence-electron chi connectivity index (χ3n) is 2.95. The Hall–Kier alpha value is -2.43. The molecule has 0 saturated heterocycles. The average Bonchev–Trinajstić information content (AvgIpc) is 2.57. The summed E-state index contributed by atoms with van der Waals surface area (Å²) in [5, 5.41) is 0. The summed E-state index contributed by atoms with van der Waals surface area (Å²) in [5.41, 5.74) is 0. The van der Waals surface area contributed by atoms with Crippen LogP contribution in [0.4, 0.5) is 0 Å². The van der Waals surface area contributed by atoms with E-state index in [4.69, 9.17) is 8.37 Å². The molecule has 3 aromatic carbocycles. The molecule has 0 fully saturated rings. The summed E-state index contributed by atoms with van der Waals surface area (Å²) in [6, 6.07) is 27.5. The number of para-hydroxylation sites is 2. The van der Waals surface area contributed by atoms with E-state index < -0.39 is 10.9 Å². The lowest BCUT2D eigenvalue weighted by Crippen LogP contribution is -2.14. The van der Waals surface area contributed by atoms with Crippen LogP contribution < -0.4 is 8.37 Å². The Labute approximate surface area is 131 Å². The Bertz CT molecular complexity index is 661. The van der Waals surface area contributed by atoms with Crippen molar-refractivity contribution in [2.24, 2.45) is 0 Å². The molecular weight excluding hydrogens is 296 g/mol. The molecule has 0 spiro atoms. The van der Waals surface area contributed by atoms with Gasteiger partial charge in [0.25, 0.3) is 0 Å². The van der Waals surface area contributed by atoms with E-state index >= 15 is 0 Å². The summed E-state index contributed by atoms with van der Waals surface area (Å²) in [7, 11) is -2.92. The maximum atomic E-state index is 11.0. The Morgan fingerprint density at radius 1 is 0.545 bits per heavy atom. The second-order valence-corrected chi connectivity index (χ2v) is 6.34. The minimum atomic E-state index is -2.92. The van der Waals surface area contributed by atoms with Gasteiger partial charge in [0.1, 0.15) is 11.5 Å². The summed E-state index contributed by atoms with van der Waals surface area (Å²) < 4.78 is 22.6. The van der Waals surface area contributed by atoms with Crippen LogP contribution in [0, 0.1) is 0 Å². The molecule has 0 bridgehead atoms. The second-order valence-electron chi connectivity index (χ2n) is 4.58. The molecule has 0 saturated carbocycles. The topological polar surface area (TPSA) is 38.7 Å². The first-order chi connectivity index (χ1) is 10.8. The predicted octanol–water partition coefficient (Wildman–Crippen LogP) is 5.31. The largest absolute Gasteiger partial charge is 0.391 e. The van der Waals surface area contributed by atoms with Crippen LogP contribution in [0.25, 0.3) is 0 Å². The fourth-order valence-corrected chi connectivity index (χ4v) is 3.39. The Morgan fingerprint density at radius 3 is 1.32 bits per heavy atom. The van der Waals surface area contributed by atoms with Crippen molar-refractivity contribution in [3.63, 3.8) is 0 Å². The lowest BCUT2D eigenvalue weighted by Gasteiger charge is -2.32. The monoisotopic (exact) mass is 312 g/mol. The maximum Gasteiger partial charge on any atom is 0.211 e. The van der Waals surface area contributed by atoms with E-state index in [9.17, 15) is 4.55 Å². The van der Waals surface area contributed by atoms with Gasteiger partial charge in [-0.2, -0.15) is 0 Å². The summed E-state index contributed by atoms with van der Waals surface area (Å²) in [6.07, 6.45) is 0. The van der Waals surface area contributed by atoms with E-state index in [0.717, 1.165) is 0 Å². The highest BCUT2D eigenvalue weighted by Crippen LogP contribution is 2.53. The normalized spacial score (nSPS) is 11.7. The molecule has 3 rings (SSSR count). The van der Waals surface area contributed by atoms with Gasteiger partial charge in [-0.25, -0.2) is 0 Å². The molecule has 4 heteroatoms. The van der Waals surface area contributed by atoms with E-state index in [1.807, 2.05) is 54.6 Å². The Balaban J connectivity index is 1.95. The summed E-state index contributed by atoms with van der Waals surface area (Å²) in [4.78, 5) is 0.600. The highest BCUT2D eigenvalue weighted by atomic mass is 32.3. The molecule has 0 unspecified atom stereocenters. The zero-order valence-electron chi connectivity index (χ0n) is 11.8. The lowest BCUT2D eigenvalue weighted by molar-refractivity contribution is 0.389. The maximum absolute atomic E-state index is 11.0. The number of hydrogen-bond acceptors (Lipinski definition) is 3. The molecule has 112 valence electrons. The van der Waals surface area contributed by atoms with E-state index in [2.05, 4.69) is 0 Å². The third kappa shape index (κ3) is 3.42. The summed E-state index contributed by atoms with van der Waals surface area (Å²) >= 11 is 0. The van der Waals surface area contributed by atoms with Gasteiger partial charge in [-0.15, -0.1) is 0 Å². The third-order valence-corrected chi connectivity index (χ3v) is 4.65. The van der Waals surface area contributed by atoms with Gasteiger partial charge < -0.3 is 8.37 Å². The zero-order valence-corrected chi connectivity index (χ0v) is 12.6. The molecule has 0 amide bonds. The quantitative estimate of drug-likeness (QED) is 0.693. The molecular formula is C18H16O3S. The second kappa shape index (κ2) is 6.56. The SMILES string of the molecule is OS(Oc1ccccc1)(Oc1ccccc1)c1ccccc1. The van der Waals surface area contributed by atoms with E-state index in [1.165, 1.54) is 0 Å². The highest BCUT2D eigenvalue weighted by Gasteiger charge is 2.29. The van der Waals surface area contributed by atoms with Gasteiger partial charge in [0.15, 0.2) is 0 Å². The van der Waals surface area contributed by atoms with Crippen molar-refractivity contribution in [3.8, 4) is 11.5 Å². The highest BCUT2D eigenvalue weighted by molar-refractivity contribution is 8.21. The first-order valence-corrected chi connectivity index (χ1v) is 8.30. The molecule has 0 radical (unpaired) electrons. The molecule has 3 aromatic rings. The molecule has 0 aliphatic heterocycles. The van der Waals surface area contributed by atoms with Gasteiger partial charge in [-0.1, -0.05) is 54.6 Å². The van der Waals surface area contributed by atoms with Crippen LogP contribution >= 0.6 is 10.9 Å². The number of benzene rings is 3. The minimum absolute atomic E-state index is 0.555. The molecule has 0 heterocycles. The van der Waals surface area contributed by atoms with Crippen LogP contribution in [0.15, 0.2) is 95.9 Å². The molecule has 3 nitrogen and oxygen atoms in total.